The third-order valence-electron chi connectivity index (χ3n) is 6.55. The number of aliphatic hydroxyl groups is 1. The highest BCUT2D eigenvalue weighted by molar-refractivity contribution is 5.77. The van der Waals surface area contributed by atoms with Gasteiger partial charge in [0.25, 0.3) is 0 Å². The molecule has 0 saturated carbocycles. The molecule has 4 rings (SSSR count). The first-order chi connectivity index (χ1) is 15.0. The highest BCUT2D eigenvalue weighted by Gasteiger charge is 2.29. The van der Waals surface area contributed by atoms with E-state index in [1.807, 2.05) is 37.4 Å². The van der Waals surface area contributed by atoms with Crippen LogP contribution in [0.5, 0.6) is 0 Å². The molecule has 2 heterocycles. The topological polar surface area (TPSA) is 56.2 Å². The van der Waals surface area contributed by atoms with Crippen LogP contribution in [0.1, 0.15) is 36.1 Å². The van der Waals surface area contributed by atoms with Crippen molar-refractivity contribution in [3.05, 3.63) is 65.7 Å². The Morgan fingerprint density at radius 1 is 1.13 bits per heavy atom. The molecular weight excluding hydrogens is 390 g/mol. The Morgan fingerprint density at radius 3 is 2.61 bits per heavy atom. The fourth-order valence-electron chi connectivity index (χ4n) is 4.66. The highest BCUT2D eigenvalue weighted by Crippen LogP contribution is 2.35. The van der Waals surface area contributed by atoms with Crippen LogP contribution in [0, 0.1) is 0 Å². The van der Waals surface area contributed by atoms with E-state index in [4.69, 9.17) is 4.74 Å². The summed E-state index contributed by atoms with van der Waals surface area (Å²) in [6.45, 7) is 3.20. The third kappa shape index (κ3) is 5.09. The van der Waals surface area contributed by atoms with E-state index in [0.29, 0.717) is 13.1 Å². The van der Waals surface area contributed by atoms with Gasteiger partial charge in [0.05, 0.1) is 18.2 Å². The summed E-state index contributed by atoms with van der Waals surface area (Å²) in [5.74, 6) is -0.0231. The maximum atomic E-state index is 13.1. The number of nitrogens with zero attached hydrogens (tertiary/aromatic N) is 3. The summed E-state index contributed by atoms with van der Waals surface area (Å²) in [5.41, 5.74) is 3.43. The van der Waals surface area contributed by atoms with Crippen molar-refractivity contribution < 1.29 is 14.6 Å². The zero-order valence-corrected chi connectivity index (χ0v) is 18.5. The van der Waals surface area contributed by atoms with E-state index in [-0.39, 0.29) is 30.8 Å². The zero-order chi connectivity index (χ0) is 21.8. The van der Waals surface area contributed by atoms with Crippen LogP contribution in [0.15, 0.2) is 54.6 Å². The van der Waals surface area contributed by atoms with Gasteiger partial charge in [0.1, 0.15) is 6.61 Å². The van der Waals surface area contributed by atoms with Crippen molar-refractivity contribution in [3.8, 4) is 0 Å². The van der Waals surface area contributed by atoms with Crippen LogP contribution in [0.2, 0.25) is 0 Å². The molecule has 1 N–H and O–H groups in total. The van der Waals surface area contributed by atoms with E-state index in [0.717, 1.165) is 37.1 Å². The molecule has 0 bridgehead atoms. The SMILES string of the molecule is CN1CCC(OCC(=O)N(C)C(CN2CC[C@H](O)C2)c2ccccc2)c2ccccc21. The summed E-state index contributed by atoms with van der Waals surface area (Å²) in [4.78, 5) is 19.4. The number of aliphatic hydroxyl groups excluding tert-OH is 1. The number of likely N-dealkylation sites (tertiary alicyclic amines) is 1. The van der Waals surface area contributed by atoms with Crippen LogP contribution in [0.3, 0.4) is 0 Å². The first-order valence-corrected chi connectivity index (χ1v) is 11.2. The molecule has 1 amide bonds. The van der Waals surface area contributed by atoms with E-state index < -0.39 is 0 Å². The van der Waals surface area contributed by atoms with Crippen LogP contribution in [0.4, 0.5) is 5.69 Å². The van der Waals surface area contributed by atoms with Crippen LogP contribution in [-0.2, 0) is 9.53 Å². The second kappa shape index (κ2) is 9.81. The maximum Gasteiger partial charge on any atom is 0.248 e. The summed E-state index contributed by atoms with van der Waals surface area (Å²) < 4.78 is 6.14. The van der Waals surface area contributed by atoms with E-state index in [2.05, 4.69) is 41.1 Å². The number of amides is 1. The summed E-state index contributed by atoms with van der Waals surface area (Å²) in [6, 6.07) is 18.3. The number of para-hydroxylation sites is 1. The molecule has 3 atom stereocenters. The number of hydrogen-bond donors (Lipinski definition) is 1. The largest absolute Gasteiger partial charge is 0.392 e. The quantitative estimate of drug-likeness (QED) is 0.742. The molecule has 1 fully saturated rings. The van der Waals surface area contributed by atoms with E-state index in [9.17, 15) is 9.90 Å². The summed E-state index contributed by atoms with van der Waals surface area (Å²) in [6.07, 6.45) is 1.33. The minimum Gasteiger partial charge on any atom is -0.392 e. The number of likely N-dealkylation sites (N-methyl/N-ethyl adjacent to an activating group) is 1. The van der Waals surface area contributed by atoms with E-state index >= 15 is 0 Å². The number of ether oxygens (including phenoxy) is 1. The minimum absolute atomic E-state index is 0.0231. The Kier molecular flexibility index (Phi) is 6.90. The fraction of sp³-hybridized carbons (Fsp3) is 0.480. The molecule has 6 nitrogen and oxygen atoms in total. The molecule has 2 unspecified atom stereocenters. The lowest BCUT2D eigenvalue weighted by molar-refractivity contribution is -0.139. The van der Waals surface area contributed by atoms with Gasteiger partial charge in [0.2, 0.25) is 5.91 Å². The van der Waals surface area contributed by atoms with Gasteiger partial charge in [0, 0.05) is 51.5 Å². The number of carbonyl (C=O) groups is 1. The minimum atomic E-state index is -0.273. The second-order valence-corrected chi connectivity index (χ2v) is 8.70. The van der Waals surface area contributed by atoms with Gasteiger partial charge < -0.3 is 19.6 Å². The van der Waals surface area contributed by atoms with Crippen molar-refractivity contribution >= 4 is 11.6 Å². The molecule has 2 aromatic rings. The van der Waals surface area contributed by atoms with Crippen LogP contribution in [0.25, 0.3) is 0 Å². The van der Waals surface area contributed by atoms with Crippen molar-refractivity contribution in [1.29, 1.82) is 0 Å². The number of hydrogen-bond acceptors (Lipinski definition) is 5. The number of benzene rings is 2. The van der Waals surface area contributed by atoms with E-state index in [1.165, 1.54) is 5.69 Å². The Hall–Kier alpha value is -2.41. The van der Waals surface area contributed by atoms with Crippen molar-refractivity contribution in [2.24, 2.45) is 0 Å². The van der Waals surface area contributed by atoms with Crippen molar-refractivity contribution in [2.45, 2.75) is 31.1 Å². The van der Waals surface area contributed by atoms with Gasteiger partial charge in [-0.05, 0) is 24.5 Å². The average Bonchev–Trinajstić information content (AvgIpc) is 3.22. The Morgan fingerprint density at radius 2 is 1.87 bits per heavy atom. The van der Waals surface area contributed by atoms with E-state index in [1.54, 1.807) is 4.90 Å². The number of rotatable bonds is 7. The standard InChI is InChI=1S/C25H33N3O3/c1-26-14-13-24(21-10-6-7-11-22(21)26)31-18-25(30)27(2)23(19-8-4-3-5-9-19)17-28-15-12-20(29)16-28/h3-11,20,23-24,29H,12-18H2,1-2H3/t20-,23?,24?/m0/s1. The average molecular weight is 424 g/mol. The second-order valence-electron chi connectivity index (χ2n) is 8.70. The smallest absolute Gasteiger partial charge is 0.248 e. The first kappa shape index (κ1) is 21.8. The monoisotopic (exact) mass is 423 g/mol. The molecule has 0 radical (unpaired) electrons. The highest BCUT2D eigenvalue weighted by atomic mass is 16.5. The molecule has 166 valence electrons. The van der Waals surface area contributed by atoms with Gasteiger partial charge in [0.15, 0.2) is 0 Å². The predicted molar refractivity (Wildman–Crippen MR) is 122 cm³/mol. The fourth-order valence-corrected chi connectivity index (χ4v) is 4.66. The molecule has 2 aliphatic rings. The summed E-state index contributed by atoms with van der Waals surface area (Å²) in [5, 5.41) is 9.91. The van der Waals surface area contributed by atoms with Crippen LogP contribution >= 0.6 is 0 Å². The number of β-amino-alcohol motifs (C(OH)–C–C–N with tert-alkyl or cyclic N) is 1. The first-order valence-electron chi connectivity index (χ1n) is 11.2. The Labute approximate surface area is 185 Å². The molecule has 31 heavy (non-hydrogen) atoms. The maximum absolute atomic E-state index is 13.1. The van der Waals surface area contributed by atoms with Gasteiger partial charge in [-0.1, -0.05) is 48.5 Å². The molecule has 2 aromatic carbocycles. The molecular formula is C25H33N3O3. The van der Waals surface area contributed by atoms with Gasteiger partial charge in [-0.2, -0.15) is 0 Å². The Balaban J connectivity index is 1.43. The van der Waals surface area contributed by atoms with Crippen LogP contribution in [-0.4, -0.2) is 73.8 Å². The summed E-state index contributed by atoms with van der Waals surface area (Å²) in [7, 11) is 3.95. The number of fused-ring (bicyclic) bond motifs is 1. The number of carbonyl (C=O) groups excluding carboxylic acids is 1. The van der Waals surface area contributed by atoms with Gasteiger partial charge in [-0.15, -0.1) is 0 Å². The van der Waals surface area contributed by atoms with Crippen molar-refractivity contribution in [2.75, 3.05) is 51.8 Å². The predicted octanol–water partition coefficient (Wildman–Crippen LogP) is 2.85. The molecule has 6 heteroatoms. The molecule has 2 aliphatic heterocycles. The van der Waals surface area contributed by atoms with Gasteiger partial charge in [-0.3, -0.25) is 9.69 Å². The lowest BCUT2D eigenvalue weighted by atomic mass is 9.99. The number of anilines is 1. The lowest BCUT2D eigenvalue weighted by Gasteiger charge is -2.34. The lowest BCUT2D eigenvalue weighted by Crippen LogP contribution is -2.40. The normalized spacial score (nSPS) is 22.2. The van der Waals surface area contributed by atoms with Crippen molar-refractivity contribution in [3.63, 3.8) is 0 Å². The van der Waals surface area contributed by atoms with Gasteiger partial charge in [-0.25, -0.2) is 0 Å². The molecule has 0 spiro atoms. The van der Waals surface area contributed by atoms with Crippen molar-refractivity contribution in [1.82, 2.24) is 9.80 Å². The molecule has 1 saturated heterocycles. The third-order valence-corrected chi connectivity index (χ3v) is 6.55. The Bertz CT molecular complexity index is 875. The van der Waals surface area contributed by atoms with Crippen LogP contribution < -0.4 is 4.90 Å². The van der Waals surface area contributed by atoms with Gasteiger partial charge >= 0.3 is 0 Å². The summed E-state index contributed by atoms with van der Waals surface area (Å²) >= 11 is 0. The molecule has 0 aliphatic carbocycles. The zero-order valence-electron chi connectivity index (χ0n) is 18.5. The molecule has 0 aromatic heterocycles.